The molecule has 0 saturated heterocycles. The van der Waals surface area contributed by atoms with Crippen molar-refractivity contribution in [1.82, 2.24) is 18.7 Å². The minimum Gasteiger partial charge on any atom is -0.369 e. The maximum atomic E-state index is 12.2. The molecule has 0 saturated carbocycles. The Balaban J connectivity index is 2.87. The van der Waals surface area contributed by atoms with Crippen LogP contribution < -0.4 is 17.0 Å². The summed E-state index contributed by atoms with van der Waals surface area (Å²) in [5.74, 6) is 0.169. The van der Waals surface area contributed by atoms with E-state index in [0.29, 0.717) is 11.6 Å². The van der Waals surface area contributed by atoms with Gasteiger partial charge in [-0.1, -0.05) is 17.7 Å². The number of aromatic nitrogens is 4. The summed E-state index contributed by atoms with van der Waals surface area (Å²) >= 11 is 5.77. The third kappa shape index (κ3) is 2.06. The summed E-state index contributed by atoms with van der Waals surface area (Å²) in [4.78, 5) is 28.0. The number of nitrogen functional groups attached to an aromatic ring is 1. The normalized spacial score (nSPS) is 12.3. The number of aryl methyl sites for hydroxylation is 1. The largest absolute Gasteiger partial charge is 0.369 e. The number of nitrogens with zero attached hydrogens (tertiary/aromatic N) is 4. The summed E-state index contributed by atoms with van der Waals surface area (Å²) in [6.07, 6.45) is 1.71. The van der Waals surface area contributed by atoms with Crippen LogP contribution >= 0.6 is 11.6 Å². The van der Waals surface area contributed by atoms with Gasteiger partial charge < -0.3 is 10.3 Å². The van der Waals surface area contributed by atoms with E-state index in [1.54, 1.807) is 20.0 Å². The third-order valence-corrected chi connectivity index (χ3v) is 3.09. The lowest BCUT2D eigenvalue weighted by Gasteiger charge is -2.05. The second-order valence-electron chi connectivity index (χ2n) is 4.25. The van der Waals surface area contributed by atoms with E-state index in [9.17, 15) is 9.59 Å². The molecule has 0 aromatic carbocycles. The van der Waals surface area contributed by atoms with Crippen LogP contribution in [0, 0.1) is 0 Å². The van der Waals surface area contributed by atoms with Crippen molar-refractivity contribution in [2.75, 3.05) is 5.73 Å². The third-order valence-electron chi connectivity index (χ3n) is 2.93. The first-order valence-corrected chi connectivity index (χ1v) is 5.96. The first kappa shape index (κ1) is 13.4. The fraction of sp³-hybridized carbons (Fsp3) is 0.364. The van der Waals surface area contributed by atoms with Crippen LogP contribution in [0.25, 0.3) is 11.2 Å². The van der Waals surface area contributed by atoms with E-state index < -0.39 is 11.2 Å². The Morgan fingerprint density at radius 2 is 2.00 bits per heavy atom. The summed E-state index contributed by atoms with van der Waals surface area (Å²) in [5.41, 5.74) is 5.48. The molecule has 0 aliphatic heterocycles. The number of hydrogen-bond donors (Lipinski definition) is 1. The van der Waals surface area contributed by atoms with Crippen LogP contribution in [0.4, 0.5) is 5.95 Å². The molecule has 0 amide bonds. The molecular formula is C11H14ClN5O2. The number of hydrogen-bond acceptors (Lipinski definition) is 4. The maximum Gasteiger partial charge on any atom is 0.332 e. The number of anilines is 1. The summed E-state index contributed by atoms with van der Waals surface area (Å²) < 4.78 is 3.85. The fourth-order valence-electron chi connectivity index (χ4n) is 1.87. The van der Waals surface area contributed by atoms with E-state index in [0.717, 1.165) is 4.57 Å². The number of imidazole rings is 1. The molecule has 7 nitrogen and oxygen atoms in total. The standard InChI is InChI=1S/C11H14ClN5O2/c1-6(12)4-5-17-7-8(14-10(17)13)15(2)11(19)16(3)9(7)18/h4H,5H2,1-3H3,(H2,13,14). The number of halogens is 1. The molecule has 2 heterocycles. The van der Waals surface area contributed by atoms with Crippen molar-refractivity contribution in [3.8, 4) is 0 Å². The van der Waals surface area contributed by atoms with Gasteiger partial charge in [0.05, 0.1) is 0 Å². The Morgan fingerprint density at radius 1 is 1.37 bits per heavy atom. The van der Waals surface area contributed by atoms with E-state index >= 15 is 0 Å². The monoisotopic (exact) mass is 283 g/mol. The van der Waals surface area contributed by atoms with Gasteiger partial charge in [0.25, 0.3) is 5.56 Å². The van der Waals surface area contributed by atoms with Crippen molar-refractivity contribution in [2.24, 2.45) is 14.1 Å². The highest BCUT2D eigenvalue weighted by atomic mass is 35.5. The number of fused-ring (bicyclic) bond motifs is 1. The summed E-state index contributed by atoms with van der Waals surface area (Å²) in [7, 11) is 2.96. The molecule has 2 aromatic rings. The van der Waals surface area contributed by atoms with Gasteiger partial charge in [-0.3, -0.25) is 13.9 Å². The predicted molar refractivity (Wildman–Crippen MR) is 74.2 cm³/mol. The lowest BCUT2D eigenvalue weighted by Crippen LogP contribution is -2.37. The van der Waals surface area contributed by atoms with Crippen LogP contribution in [-0.2, 0) is 20.6 Å². The average molecular weight is 284 g/mol. The quantitative estimate of drug-likeness (QED) is 0.850. The zero-order chi connectivity index (χ0) is 14.3. The first-order chi connectivity index (χ1) is 8.84. The Bertz CT molecular complexity index is 792. The molecule has 0 radical (unpaired) electrons. The summed E-state index contributed by atoms with van der Waals surface area (Å²) in [6, 6.07) is 0. The van der Waals surface area contributed by atoms with Crippen molar-refractivity contribution in [3.63, 3.8) is 0 Å². The second kappa shape index (κ2) is 4.58. The van der Waals surface area contributed by atoms with E-state index in [1.165, 1.54) is 16.2 Å². The van der Waals surface area contributed by atoms with Crippen molar-refractivity contribution in [1.29, 1.82) is 0 Å². The maximum absolute atomic E-state index is 12.2. The lowest BCUT2D eigenvalue weighted by atomic mass is 10.4. The van der Waals surface area contributed by atoms with Crippen LogP contribution in [-0.4, -0.2) is 18.7 Å². The number of allylic oxidation sites excluding steroid dienone is 2. The molecule has 19 heavy (non-hydrogen) atoms. The Kier molecular flexibility index (Phi) is 3.23. The second-order valence-corrected chi connectivity index (χ2v) is 4.85. The van der Waals surface area contributed by atoms with Gasteiger partial charge in [-0.15, -0.1) is 0 Å². The van der Waals surface area contributed by atoms with Crippen LogP contribution in [0.15, 0.2) is 20.7 Å². The van der Waals surface area contributed by atoms with E-state index in [-0.39, 0.29) is 17.1 Å². The zero-order valence-corrected chi connectivity index (χ0v) is 11.6. The first-order valence-electron chi connectivity index (χ1n) is 5.58. The molecule has 0 aliphatic carbocycles. The van der Waals surface area contributed by atoms with Gasteiger partial charge in [0.2, 0.25) is 5.95 Å². The van der Waals surface area contributed by atoms with Gasteiger partial charge >= 0.3 is 5.69 Å². The van der Waals surface area contributed by atoms with E-state index in [1.807, 2.05) is 0 Å². The molecule has 8 heteroatoms. The summed E-state index contributed by atoms with van der Waals surface area (Å²) in [5, 5.41) is 0.586. The van der Waals surface area contributed by atoms with Gasteiger partial charge in [-0.25, -0.2) is 4.79 Å². The Labute approximate surface area is 113 Å². The zero-order valence-electron chi connectivity index (χ0n) is 10.8. The van der Waals surface area contributed by atoms with Crippen LogP contribution in [0.3, 0.4) is 0 Å². The number of rotatable bonds is 2. The van der Waals surface area contributed by atoms with Gasteiger partial charge in [0, 0.05) is 25.7 Å². The van der Waals surface area contributed by atoms with E-state index in [4.69, 9.17) is 17.3 Å². The van der Waals surface area contributed by atoms with Gasteiger partial charge in [-0.2, -0.15) is 4.98 Å². The van der Waals surface area contributed by atoms with Gasteiger partial charge in [0.1, 0.15) is 0 Å². The molecular weight excluding hydrogens is 270 g/mol. The Hall–Kier alpha value is -2.02. The topological polar surface area (TPSA) is 87.8 Å². The van der Waals surface area contributed by atoms with E-state index in [2.05, 4.69) is 4.98 Å². The highest BCUT2D eigenvalue weighted by Crippen LogP contribution is 2.13. The SMILES string of the molecule is CC(Cl)=CCn1c(N)nc2c1c(=O)n(C)c(=O)n2C. The van der Waals surface area contributed by atoms with Crippen molar-refractivity contribution in [2.45, 2.75) is 13.5 Å². The van der Waals surface area contributed by atoms with Crippen molar-refractivity contribution >= 4 is 28.7 Å². The van der Waals surface area contributed by atoms with Crippen LogP contribution in [0.1, 0.15) is 6.92 Å². The fourth-order valence-corrected chi connectivity index (χ4v) is 1.93. The minimum absolute atomic E-state index is 0.169. The van der Waals surface area contributed by atoms with Crippen molar-refractivity contribution in [3.05, 3.63) is 31.9 Å². The molecule has 0 atom stereocenters. The molecule has 102 valence electrons. The summed E-state index contributed by atoms with van der Waals surface area (Å²) in [6.45, 7) is 2.05. The highest BCUT2D eigenvalue weighted by molar-refractivity contribution is 6.29. The molecule has 0 unspecified atom stereocenters. The molecule has 2 rings (SSSR count). The van der Waals surface area contributed by atoms with Crippen LogP contribution in [0.5, 0.6) is 0 Å². The smallest absolute Gasteiger partial charge is 0.332 e. The molecule has 0 aliphatic rings. The Morgan fingerprint density at radius 3 is 2.58 bits per heavy atom. The molecule has 0 bridgehead atoms. The lowest BCUT2D eigenvalue weighted by molar-refractivity contribution is 0.703. The molecule has 2 N–H and O–H groups in total. The molecule has 0 spiro atoms. The average Bonchev–Trinajstić information content (AvgIpc) is 2.68. The van der Waals surface area contributed by atoms with Crippen LogP contribution in [0.2, 0.25) is 0 Å². The van der Waals surface area contributed by atoms with Crippen molar-refractivity contribution < 1.29 is 0 Å². The number of nitrogens with two attached hydrogens (primary N) is 1. The molecule has 2 aromatic heterocycles. The van der Waals surface area contributed by atoms with Gasteiger partial charge in [0.15, 0.2) is 11.2 Å². The molecule has 0 fully saturated rings. The minimum atomic E-state index is -0.439. The highest BCUT2D eigenvalue weighted by Gasteiger charge is 2.16. The van der Waals surface area contributed by atoms with Gasteiger partial charge in [-0.05, 0) is 6.92 Å². The predicted octanol–water partition coefficient (Wildman–Crippen LogP) is 0.158.